The van der Waals surface area contributed by atoms with Gasteiger partial charge in [-0.05, 0) is 34.7 Å². The number of carboxylic acid groups (broad SMARTS) is 1. The molecule has 1 aromatic heterocycles. The lowest BCUT2D eigenvalue weighted by Gasteiger charge is -2.27. The van der Waals surface area contributed by atoms with Gasteiger partial charge in [-0.15, -0.1) is 0 Å². The number of hydrogen-bond donors (Lipinski definition) is 2. The molecule has 3 nitrogen and oxygen atoms in total. The van der Waals surface area contributed by atoms with Gasteiger partial charge in [0.2, 0.25) is 0 Å². The minimum absolute atomic E-state index is 0.228. The van der Waals surface area contributed by atoms with Crippen LogP contribution in [0, 0.1) is 5.92 Å². The monoisotopic (exact) mass is 211 g/mol. The molecular weight excluding hydrogens is 198 g/mol. The molecule has 0 radical (unpaired) electrons. The molecule has 0 spiro atoms. The Hall–Kier alpha value is -0.870. The van der Waals surface area contributed by atoms with Crippen molar-refractivity contribution in [3.63, 3.8) is 0 Å². The summed E-state index contributed by atoms with van der Waals surface area (Å²) in [6.45, 7) is 1.51. The quantitative estimate of drug-likeness (QED) is 0.780. The molecule has 14 heavy (non-hydrogen) atoms. The van der Waals surface area contributed by atoms with Gasteiger partial charge in [-0.1, -0.05) is 0 Å². The Morgan fingerprint density at radius 2 is 2.43 bits per heavy atom. The van der Waals surface area contributed by atoms with Gasteiger partial charge in [0.05, 0.1) is 5.92 Å². The van der Waals surface area contributed by atoms with Crippen molar-refractivity contribution >= 4 is 17.3 Å². The highest BCUT2D eigenvalue weighted by Gasteiger charge is 2.27. The summed E-state index contributed by atoms with van der Waals surface area (Å²) in [5.41, 5.74) is 1.27. The third-order valence-electron chi connectivity index (χ3n) is 2.71. The second-order valence-electron chi connectivity index (χ2n) is 3.68. The van der Waals surface area contributed by atoms with Crippen LogP contribution in [0.5, 0.6) is 0 Å². The summed E-state index contributed by atoms with van der Waals surface area (Å²) in [4.78, 5) is 10.8. The van der Waals surface area contributed by atoms with Gasteiger partial charge in [0.25, 0.3) is 0 Å². The molecule has 1 aromatic rings. The molecule has 1 aliphatic heterocycles. The number of hydrogen-bond acceptors (Lipinski definition) is 3. The van der Waals surface area contributed by atoms with Crippen LogP contribution in [0.4, 0.5) is 0 Å². The van der Waals surface area contributed by atoms with Crippen LogP contribution >= 0.6 is 11.3 Å². The third-order valence-corrected chi connectivity index (χ3v) is 3.42. The van der Waals surface area contributed by atoms with Gasteiger partial charge >= 0.3 is 5.97 Å². The lowest BCUT2D eigenvalue weighted by atomic mass is 9.87. The highest BCUT2D eigenvalue weighted by molar-refractivity contribution is 7.07. The molecule has 0 saturated carbocycles. The van der Waals surface area contributed by atoms with Crippen molar-refractivity contribution in [1.29, 1.82) is 0 Å². The Morgan fingerprint density at radius 1 is 1.57 bits per heavy atom. The summed E-state index contributed by atoms with van der Waals surface area (Å²) in [7, 11) is 0. The van der Waals surface area contributed by atoms with Crippen molar-refractivity contribution in [3.8, 4) is 0 Å². The Labute approximate surface area is 86.8 Å². The van der Waals surface area contributed by atoms with Crippen molar-refractivity contribution in [3.05, 3.63) is 22.4 Å². The number of piperidine rings is 1. The van der Waals surface area contributed by atoms with Crippen molar-refractivity contribution in [2.75, 3.05) is 13.1 Å². The standard InChI is InChI=1S/C10H13NO2S/c12-10(13)9-3-8(4-11-5-9)7-1-2-14-6-7/h1-2,6,8-9,11H,3-5H2,(H,12,13). The predicted molar refractivity (Wildman–Crippen MR) is 55.7 cm³/mol. The SMILES string of the molecule is O=C(O)C1CNCC(c2ccsc2)C1. The Kier molecular flexibility index (Phi) is 2.84. The number of nitrogens with one attached hydrogen (secondary N) is 1. The summed E-state index contributed by atoms with van der Waals surface area (Å²) < 4.78 is 0. The number of carbonyl (C=O) groups is 1. The van der Waals surface area contributed by atoms with E-state index >= 15 is 0 Å². The third kappa shape index (κ3) is 1.96. The predicted octanol–water partition coefficient (Wildman–Crippen LogP) is 1.53. The fourth-order valence-corrected chi connectivity index (χ4v) is 2.63. The summed E-state index contributed by atoms with van der Waals surface area (Å²) in [6, 6.07) is 2.08. The number of carboxylic acids is 1. The maximum absolute atomic E-state index is 10.8. The van der Waals surface area contributed by atoms with E-state index in [1.807, 2.05) is 5.38 Å². The largest absolute Gasteiger partial charge is 0.481 e. The molecule has 0 aliphatic carbocycles. The first-order valence-electron chi connectivity index (χ1n) is 4.73. The van der Waals surface area contributed by atoms with E-state index in [2.05, 4.69) is 16.8 Å². The second kappa shape index (κ2) is 4.11. The van der Waals surface area contributed by atoms with E-state index in [1.54, 1.807) is 11.3 Å². The van der Waals surface area contributed by atoms with Gasteiger partial charge in [-0.25, -0.2) is 0 Å². The minimum atomic E-state index is -0.683. The molecule has 2 heterocycles. The van der Waals surface area contributed by atoms with Crippen molar-refractivity contribution in [1.82, 2.24) is 5.32 Å². The molecule has 1 saturated heterocycles. The highest BCUT2D eigenvalue weighted by atomic mass is 32.1. The normalized spacial score (nSPS) is 27.4. The van der Waals surface area contributed by atoms with Crippen LogP contribution in [0.3, 0.4) is 0 Å². The van der Waals surface area contributed by atoms with Gasteiger partial charge in [0.15, 0.2) is 0 Å². The molecule has 76 valence electrons. The van der Waals surface area contributed by atoms with E-state index in [4.69, 9.17) is 5.11 Å². The van der Waals surface area contributed by atoms with Gasteiger partial charge < -0.3 is 10.4 Å². The maximum atomic E-state index is 10.8. The first-order chi connectivity index (χ1) is 6.77. The van der Waals surface area contributed by atoms with E-state index in [-0.39, 0.29) is 5.92 Å². The Balaban J connectivity index is 2.04. The summed E-state index contributed by atoms with van der Waals surface area (Å²) in [5.74, 6) is -0.540. The van der Waals surface area contributed by atoms with E-state index in [0.717, 1.165) is 13.0 Å². The second-order valence-corrected chi connectivity index (χ2v) is 4.46. The number of rotatable bonds is 2. The van der Waals surface area contributed by atoms with Gasteiger partial charge in [0, 0.05) is 13.1 Å². The van der Waals surface area contributed by atoms with Crippen LogP contribution in [0.15, 0.2) is 16.8 Å². The van der Waals surface area contributed by atoms with Crippen LogP contribution < -0.4 is 5.32 Å². The number of thiophene rings is 1. The molecule has 0 aromatic carbocycles. The first-order valence-corrected chi connectivity index (χ1v) is 5.67. The molecule has 0 amide bonds. The zero-order valence-electron chi connectivity index (χ0n) is 7.77. The molecule has 1 aliphatic rings. The summed E-state index contributed by atoms with van der Waals surface area (Å²) in [5, 5.41) is 16.2. The van der Waals surface area contributed by atoms with Crippen LogP contribution in [-0.2, 0) is 4.79 Å². The minimum Gasteiger partial charge on any atom is -0.481 e. The van der Waals surface area contributed by atoms with Crippen LogP contribution in [0.1, 0.15) is 17.9 Å². The summed E-state index contributed by atoms with van der Waals surface area (Å²) in [6.07, 6.45) is 0.763. The zero-order chi connectivity index (χ0) is 9.97. The molecule has 2 unspecified atom stereocenters. The van der Waals surface area contributed by atoms with Crippen LogP contribution in [0.2, 0.25) is 0 Å². The fourth-order valence-electron chi connectivity index (χ4n) is 1.89. The molecule has 2 rings (SSSR count). The molecule has 4 heteroatoms. The Bertz CT molecular complexity index is 310. The van der Waals surface area contributed by atoms with E-state index in [0.29, 0.717) is 12.5 Å². The smallest absolute Gasteiger partial charge is 0.307 e. The van der Waals surface area contributed by atoms with E-state index < -0.39 is 5.97 Å². The van der Waals surface area contributed by atoms with Gasteiger partial charge in [-0.3, -0.25) is 4.79 Å². The summed E-state index contributed by atoms with van der Waals surface area (Å²) >= 11 is 1.67. The van der Waals surface area contributed by atoms with Crippen LogP contribution in [-0.4, -0.2) is 24.2 Å². The average molecular weight is 211 g/mol. The number of aliphatic carboxylic acids is 1. The highest BCUT2D eigenvalue weighted by Crippen LogP contribution is 2.27. The molecule has 1 fully saturated rings. The zero-order valence-corrected chi connectivity index (χ0v) is 8.59. The average Bonchev–Trinajstić information content (AvgIpc) is 2.71. The lowest BCUT2D eigenvalue weighted by Crippen LogP contribution is -2.38. The van der Waals surface area contributed by atoms with Crippen molar-refractivity contribution in [2.24, 2.45) is 5.92 Å². The fraction of sp³-hybridized carbons (Fsp3) is 0.500. The van der Waals surface area contributed by atoms with Crippen LogP contribution in [0.25, 0.3) is 0 Å². The van der Waals surface area contributed by atoms with E-state index in [9.17, 15) is 4.79 Å². The topological polar surface area (TPSA) is 49.3 Å². The lowest BCUT2D eigenvalue weighted by molar-refractivity contribution is -0.142. The molecule has 2 N–H and O–H groups in total. The van der Waals surface area contributed by atoms with Crippen molar-refractivity contribution in [2.45, 2.75) is 12.3 Å². The molecule has 2 atom stereocenters. The Morgan fingerprint density at radius 3 is 3.07 bits per heavy atom. The van der Waals surface area contributed by atoms with E-state index in [1.165, 1.54) is 5.56 Å². The first kappa shape index (κ1) is 9.68. The molecular formula is C10H13NO2S. The van der Waals surface area contributed by atoms with Crippen molar-refractivity contribution < 1.29 is 9.90 Å². The molecule has 0 bridgehead atoms. The van der Waals surface area contributed by atoms with Gasteiger partial charge in [0.1, 0.15) is 0 Å². The van der Waals surface area contributed by atoms with Gasteiger partial charge in [-0.2, -0.15) is 11.3 Å². The maximum Gasteiger partial charge on any atom is 0.307 e.